The lowest BCUT2D eigenvalue weighted by Crippen LogP contribution is -2.64. The Kier molecular flexibility index (Phi) is 9.09. The fourth-order valence-corrected chi connectivity index (χ4v) is 13.0. The Labute approximate surface area is 402 Å². The first-order valence-electron chi connectivity index (χ1n) is 24.8. The predicted molar refractivity (Wildman–Crippen MR) is 290 cm³/mol. The molecule has 1 fully saturated rings. The molecule has 4 aliphatic rings. The van der Waals surface area contributed by atoms with Crippen LogP contribution in [0.5, 0.6) is 0 Å². The Morgan fingerprint density at radius 2 is 1.22 bits per heavy atom. The molecule has 9 aromatic rings. The van der Waals surface area contributed by atoms with E-state index in [1.165, 1.54) is 109 Å². The highest BCUT2D eigenvalue weighted by Gasteiger charge is 2.61. The number of hydrogen-bond acceptors (Lipinski definition) is 3. The molecule has 68 heavy (non-hydrogen) atoms. The molecule has 13 rings (SSSR count). The lowest BCUT2D eigenvalue weighted by molar-refractivity contribution is 0.195. The molecule has 3 heterocycles. The molecular weight excluding hydrogens is 822 g/mol. The van der Waals surface area contributed by atoms with Crippen LogP contribution in [0.25, 0.3) is 33.0 Å². The zero-order valence-electron chi connectivity index (χ0n) is 39.8. The number of anilines is 8. The highest BCUT2D eigenvalue weighted by molar-refractivity contribution is 7.00. The van der Waals surface area contributed by atoms with E-state index in [1.54, 1.807) is 0 Å². The summed E-state index contributed by atoms with van der Waals surface area (Å²) in [4.78, 5) is 7.90. The maximum atomic E-state index is 2.81. The van der Waals surface area contributed by atoms with Gasteiger partial charge in [0.1, 0.15) is 0 Å². The monoisotopic (exact) mass is 877 g/mol. The molecule has 3 nitrogen and oxygen atoms in total. The number of nitrogens with zero attached hydrogens (tertiary/aromatic N) is 3. The smallest absolute Gasteiger partial charge is 0.252 e. The lowest BCUT2D eigenvalue weighted by Gasteiger charge is -2.52. The number of para-hydroxylation sites is 2. The number of rotatable bonds is 6. The summed E-state index contributed by atoms with van der Waals surface area (Å²) in [6.45, 7) is 12.2. The molecule has 3 aliphatic heterocycles. The molecule has 330 valence electrons. The van der Waals surface area contributed by atoms with Gasteiger partial charge in [-0.3, -0.25) is 0 Å². The number of benzene rings is 9. The van der Waals surface area contributed by atoms with E-state index in [-0.39, 0.29) is 23.1 Å². The molecule has 0 N–H and O–H groups in total. The van der Waals surface area contributed by atoms with Crippen LogP contribution in [-0.4, -0.2) is 12.3 Å². The van der Waals surface area contributed by atoms with Gasteiger partial charge in [-0.05, 0) is 141 Å². The summed E-state index contributed by atoms with van der Waals surface area (Å²) in [7, 11) is 0. The normalized spacial score (nSPS) is 18.8. The van der Waals surface area contributed by atoms with Crippen molar-refractivity contribution in [1.29, 1.82) is 0 Å². The van der Waals surface area contributed by atoms with Crippen molar-refractivity contribution in [2.75, 3.05) is 14.7 Å². The van der Waals surface area contributed by atoms with E-state index >= 15 is 0 Å². The van der Waals surface area contributed by atoms with Crippen molar-refractivity contribution in [3.63, 3.8) is 0 Å². The maximum Gasteiger partial charge on any atom is 0.252 e. The van der Waals surface area contributed by atoms with Crippen molar-refractivity contribution in [1.82, 2.24) is 0 Å². The first kappa shape index (κ1) is 40.9. The van der Waals surface area contributed by atoms with E-state index < -0.39 is 0 Å². The lowest BCUT2D eigenvalue weighted by atomic mass is 9.33. The zero-order chi connectivity index (χ0) is 45.9. The van der Waals surface area contributed by atoms with Crippen molar-refractivity contribution in [3.05, 3.63) is 211 Å². The standard InChI is InChI=1S/C64H56BN3/c1-62(2,3)46-34-37-56(52(41-46)44-20-8-6-9-21-44)66(48-27-16-24-45(40-48)51-29-17-23-43-22-12-13-28-50(43)51)49-35-36-54-59(42-49)67(47-25-10-7-11-26-47)57-32-19-33-58-60(57)65(54)55-31-18-30-53-61(55)68(58)64(5)39-15-14-38-63(53,64)4/h6-13,16-37,40-42H,14-15,38-39H2,1-5H3. The van der Waals surface area contributed by atoms with Crippen LogP contribution < -0.4 is 31.1 Å². The minimum atomic E-state index is -0.0325. The average Bonchev–Trinajstić information content (AvgIpc) is 3.59. The van der Waals surface area contributed by atoms with E-state index in [4.69, 9.17) is 0 Å². The molecule has 0 amide bonds. The Morgan fingerprint density at radius 3 is 2.06 bits per heavy atom. The van der Waals surface area contributed by atoms with Gasteiger partial charge in [-0.1, -0.05) is 180 Å². The molecule has 2 atom stereocenters. The first-order valence-corrected chi connectivity index (χ1v) is 24.8. The fraction of sp³-hybridized carbons (Fsp3) is 0.188. The van der Waals surface area contributed by atoms with E-state index in [0.29, 0.717) is 0 Å². The van der Waals surface area contributed by atoms with Gasteiger partial charge >= 0.3 is 0 Å². The quantitative estimate of drug-likeness (QED) is 0.154. The van der Waals surface area contributed by atoms with Gasteiger partial charge in [0.25, 0.3) is 6.71 Å². The molecule has 0 saturated heterocycles. The van der Waals surface area contributed by atoms with Crippen LogP contribution in [0.4, 0.5) is 45.5 Å². The highest BCUT2D eigenvalue weighted by atomic mass is 15.3. The maximum absolute atomic E-state index is 2.81. The number of hydrogen-bond donors (Lipinski definition) is 0. The molecule has 0 spiro atoms. The van der Waals surface area contributed by atoms with Crippen LogP contribution in [0, 0.1) is 0 Å². The van der Waals surface area contributed by atoms with Crippen LogP contribution >= 0.6 is 0 Å². The summed E-state index contributed by atoms with van der Waals surface area (Å²) in [5, 5.41) is 2.50. The first-order chi connectivity index (χ1) is 33.1. The molecule has 9 aromatic carbocycles. The minimum absolute atomic E-state index is 0.00837. The van der Waals surface area contributed by atoms with Crippen molar-refractivity contribution < 1.29 is 0 Å². The Bertz CT molecular complexity index is 3460. The summed E-state index contributed by atoms with van der Waals surface area (Å²) in [5.74, 6) is 0. The second-order valence-electron chi connectivity index (χ2n) is 21.2. The molecule has 0 aromatic heterocycles. The van der Waals surface area contributed by atoms with Gasteiger partial charge in [0.2, 0.25) is 0 Å². The van der Waals surface area contributed by atoms with Gasteiger partial charge in [0.05, 0.1) is 11.2 Å². The van der Waals surface area contributed by atoms with Gasteiger partial charge in [-0.15, -0.1) is 0 Å². The van der Waals surface area contributed by atoms with E-state index in [2.05, 4.69) is 250 Å². The molecule has 1 saturated carbocycles. The van der Waals surface area contributed by atoms with Crippen LogP contribution in [0.15, 0.2) is 200 Å². The summed E-state index contributed by atoms with van der Waals surface area (Å²) < 4.78 is 0. The molecule has 2 unspecified atom stereocenters. The fourth-order valence-electron chi connectivity index (χ4n) is 13.0. The summed E-state index contributed by atoms with van der Waals surface area (Å²) >= 11 is 0. The van der Waals surface area contributed by atoms with Gasteiger partial charge in [-0.2, -0.15) is 0 Å². The highest BCUT2D eigenvalue weighted by Crippen LogP contribution is 2.61. The summed E-state index contributed by atoms with van der Waals surface area (Å²) in [6.07, 6.45) is 4.94. The average molecular weight is 878 g/mol. The molecular formula is C64H56BN3. The van der Waals surface area contributed by atoms with Crippen LogP contribution in [0.1, 0.15) is 71.4 Å². The summed E-state index contributed by atoms with van der Waals surface area (Å²) in [5.41, 5.74) is 21.7. The van der Waals surface area contributed by atoms with Crippen molar-refractivity contribution in [2.45, 2.75) is 76.7 Å². The van der Waals surface area contributed by atoms with E-state index in [9.17, 15) is 0 Å². The van der Waals surface area contributed by atoms with Gasteiger partial charge in [-0.25, -0.2) is 0 Å². The molecule has 4 heteroatoms. The third-order valence-corrected chi connectivity index (χ3v) is 16.5. The van der Waals surface area contributed by atoms with E-state index in [1.807, 2.05) is 0 Å². The van der Waals surface area contributed by atoms with Crippen LogP contribution in [0.2, 0.25) is 0 Å². The predicted octanol–water partition coefficient (Wildman–Crippen LogP) is 15.3. The van der Waals surface area contributed by atoms with Gasteiger partial charge < -0.3 is 14.7 Å². The minimum Gasteiger partial charge on any atom is -0.335 e. The summed E-state index contributed by atoms with van der Waals surface area (Å²) in [6, 6.07) is 75.6. The van der Waals surface area contributed by atoms with Crippen molar-refractivity contribution in [2.24, 2.45) is 0 Å². The second kappa shape index (κ2) is 15.1. The number of fused-ring (bicyclic) bond motifs is 8. The third kappa shape index (κ3) is 5.92. The zero-order valence-corrected chi connectivity index (χ0v) is 39.8. The van der Waals surface area contributed by atoms with Crippen molar-refractivity contribution in [3.8, 4) is 22.3 Å². The Hall–Kier alpha value is -7.30. The van der Waals surface area contributed by atoms with Crippen molar-refractivity contribution >= 4 is 79.4 Å². The third-order valence-electron chi connectivity index (χ3n) is 16.5. The van der Waals surface area contributed by atoms with Gasteiger partial charge in [0.15, 0.2) is 0 Å². The molecule has 0 bridgehead atoms. The SMILES string of the molecule is CC(C)(C)c1ccc(N(c2cccc(-c3cccc4ccccc34)c2)c2ccc3c(c2)N(c2ccccc2)c2cccc4c2B3c2cccc3c2N4C2(C)CCCCC32C)c(-c2ccccc2)c1. The second-order valence-corrected chi connectivity index (χ2v) is 21.2. The van der Waals surface area contributed by atoms with E-state index in [0.717, 1.165) is 22.7 Å². The molecule has 1 aliphatic carbocycles. The van der Waals surface area contributed by atoms with Crippen LogP contribution in [0.3, 0.4) is 0 Å². The Balaban J connectivity index is 1.07. The molecule has 0 radical (unpaired) electrons. The topological polar surface area (TPSA) is 9.72 Å². The largest absolute Gasteiger partial charge is 0.335 e. The Morgan fingerprint density at radius 1 is 0.529 bits per heavy atom. The van der Waals surface area contributed by atoms with Gasteiger partial charge in [0, 0.05) is 50.8 Å². The van der Waals surface area contributed by atoms with Crippen LogP contribution in [-0.2, 0) is 10.8 Å².